The number of anilines is 1. The Hall–Kier alpha value is -2.26. The Labute approximate surface area is 108 Å². The average molecular weight is 271 g/mol. The maximum atomic E-state index is 11.0. The van der Waals surface area contributed by atoms with Gasteiger partial charge in [-0.3, -0.25) is 10.1 Å². The predicted molar refractivity (Wildman–Crippen MR) is 64.2 cm³/mol. The second-order valence-corrected chi connectivity index (χ2v) is 3.63. The molecule has 1 heterocycles. The molecule has 1 atom stereocenters. The van der Waals surface area contributed by atoms with Crippen molar-refractivity contribution in [2.45, 2.75) is 6.04 Å². The van der Waals surface area contributed by atoms with Gasteiger partial charge in [0, 0.05) is 13.2 Å². The highest BCUT2D eigenvalue weighted by Gasteiger charge is 2.19. The van der Waals surface area contributed by atoms with Crippen LogP contribution in [0.15, 0.2) is 12.3 Å². The van der Waals surface area contributed by atoms with E-state index in [4.69, 9.17) is 14.9 Å². The number of nitrogens with one attached hydrogen (secondary N) is 1. The molecule has 19 heavy (non-hydrogen) atoms. The third-order valence-corrected chi connectivity index (χ3v) is 2.24. The normalized spacial score (nSPS) is 11.9. The standard InChI is InChI=1S/C10H13N3O6/c1-19-5-6(4-14)12-9-8(10(15)16)2-7(3-11-9)13(17)18/h2-3,6,14H,4-5H2,1H3,(H,11,12)(H,15,16). The third-order valence-electron chi connectivity index (χ3n) is 2.24. The summed E-state index contributed by atoms with van der Waals surface area (Å²) in [4.78, 5) is 24.5. The third kappa shape index (κ3) is 3.86. The zero-order chi connectivity index (χ0) is 14.4. The fourth-order valence-electron chi connectivity index (χ4n) is 1.37. The number of aliphatic hydroxyl groups excluding tert-OH is 1. The molecule has 104 valence electrons. The van der Waals surface area contributed by atoms with Crippen LogP contribution >= 0.6 is 0 Å². The Morgan fingerprint density at radius 1 is 1.68 bits per heavy atom. The van der Waals surface area contributed by atoms with E-state index in [1.165, 1.54) is 7.11 Å². The Kier molecular flexibility index (Phi) is 5.15. The number of hydrogen-bond acceptors (Lipinski definition) is 7. The molecule has 0 radical (unpaired) electrons. The van der Waals surface area contributed by atoms with Crippen molar-refractivity contribution < 1.29 is 24.7 Å². The highest BCUT2D eigenvalue weighted by atomic mass is 16.6. The lowest BCUT2D eigenvalue weighted by Gasteiger charge is -2.16. The number of rotatable bonds is 7. The van der Waals surface area contributed by atoms with Crippen LogP contribution in [0.5, 0.6) is 0 Å². The summed E-state index contributed by atoms with van der Waals surface area (Å²) in [5.74, 6) is -1.41. The maximum Gasteiger partial charge on any atom is 0.339 e. The predicted octanol–water partition coefficient (Wildman–Crippen LogP) is 0.107. The molecule has 0 saturated heterocycles. The number of ether oxygens (including phenoxy) is 1. The number of aromatic nitrogens is 1. The first-order valence-electron chi connectivity index (χ1n) is 5.23. The zero-order valence-corrected chi connectivity index (χ0v) is 10.1. The highest BCUT2D eigenvalue weighted by molar-refractivity contribution is 5.93. The van der Waals surface area contributed by atoms with E-state index < -0.39 is 22.6 Å². The molecule has 3 N–H and O–H groups in total. The van der Waals surface area contributed by atoms with Gasteiger partial charge >= 0.3 is 5.97 Å². The molecule has 0 spiro atoms. The van der Waals surface area contributed by atoms with Crippen molar-refractivity contribution in [3.63, 3.8) is 0 Å². The van der Waals surface area contributed by atoms with Crippen molar-refractivity contribution in [2.24, 2.45) is 0 Å². The summed E-state index contributed by atoms with van der Waals surface area (Å²) >= 11 is 0. The number of carboxylic acid groups (broad SMARTS) is 1. The molecule has 0 saturated carbocycles. The van der Waals surface area contributed by atoms with Gasteiger partial charge in [0.1, 0.15) is 17.6 Å². The van der Waals surface area contributed by atoms with Crippen molar-refractivity contribution in [3.05, 3.63) is 27.9 Å². The van der Waals surface area contributed by atoms with Gasteiger partial charge < -0.3 is 20.3 Å². The van der Waals surface area contributed by atoms with Crippen LogP contribution in [0.4, 0.5) is 11.5 Å². The first-order chi connectivity index (χ1) is 8.99. The lowest BCUT2D eigenvalue weighted by molar-refractivity contribution is -0.385. The first-order valence-corrected chi connectivity index (χ1v) is 5.23. The van der Waals surface area contributed by atoms with Crippen LogP contribution in [-0.4, -0.2) is 52.5 Å². The van der Waals surface area contributed by atoms with Crippen LogP contribution in [0.2, 0.25) is 0 Å². The monoisotopic (exact) mass is 271 g/mol. The van der Waals surface area contributed by atoms with E-state index in [0.717, 1.165) is 12.3 Å². The molecule has 0 aromatic carbocycles. The molecular formula is C10H13N3O6. The van der Waals surface area contributed by atoms with E-state index in [1.54, 1.807) is 0 Å². The number of carbonyl (C=O) groups is 1. The molecule has 0 aliphatic rings. The van der Waals surface area contributed by atoms with Gasteiger partial charge in [0.2, 0.25) is 0 Å². The van der Waals surface area contributed by atoms with Crippen LogP contribution < -0.4 is 5.32 Å². The van der Waals surface area contributed by atoms with Crippen molar-refractivity contribution in [1.29, 1.82) is 0 Å². The number of aromatic carboxylic acids is 1. The number of hydrogen-bond donors (Lipinski definition) is 3. The van der Waals surface area contributed by atoms with Crippen LogP contribution in [0, 0.1) is 10.1 Å². The van der Waals surface area contributed by atoms with Gasteiger partial charge in [0.15, 0.2) is 0 Å². The molecule has 9 heteroatoms. The van der Waals surface area contributed by atoms with Gasteiger partial charge in [-0.15, -0.1) is 0 Å². The molecule has 0 amide bonds. The summed E-state index contributed by atoms with van der Waals surface area (Å²) in [6.45, 7) is -0.167. The van der Waals surface area contributed by atoms with E-state index in [0.29, 0.717) is 0 Å². The molecular weight excluding hydrogens is 258 g/mol. The van der Waals surface area contributed by atoms with Crippen LogP contribution in [0.1, 0.15) is 10.4 Å². The summed E-state index contributed by atoms with van der Waals surface area (Å²) in [5, 5.41) is 31.3. The quantitative estimate of drug-likeness (QED) is 0.469. The molecule has 1 aromatic rings. The summed E-state index contributed by atoms with van der Waals surface area (Å²) < 4.78 is 4.82. The fourth-order valence-corrected chi connectivity index (χ4v) is 1.37. The number of aliphatic hydroxyl groups is 1. The number of nitro groups is 1. The second-order valence-electron chi connectivity index (χ2n) is 3.63. The number of nitrogens with zero attached hydrogens (tertiary/aromatic N) is 2. The zero-order valence-electron chi connectivity index (χ0n) is 10.1. The molecule has 0 bridgehead atoms. The summed E-state index contributed by atoms with van der Waals surface area (Å²) in [7, 11) is 1.42. The minimum Gasteiger partial charge on any atom is -0.478 e. The Morgan fingerprint density at radius 3 is 2.84 bits per heavy atom. The topological polar surface area (TPSA) is 135 Å². The maximum absolute atomic E-state index is 11.0. The van der Waals surface area contributed by atoms with Crippen molar-refractivity contribution in [2.75, 3.05) is 25.6 Å². The van der Waals surface area contributed by atoms with Gasteiger partial charge in [0.05, 0.1) is 24.2 Å². The summed E-state index contributed by atoms with van der Waals surface area (Å²) in [6.07, 6.45) is 0.940. The van der Waals surface area contributed by atoms with E-state index in [1.807, 2.05) is 0 Å². The fraction of sp³-hybridized carbons (Fsp3) is 0.400. The second kappa shape index (κ2) is 6.61. The van der Waals surface area contributed by atoms with Gasteiger partial charge in [0.25, 0.3) is 5.69 Å². The van der Waals surface area contributed by atoms with Crippen LogP contribution in [0.3, 0.4) is 0 Å². The van der Waals surface area contributed by atoms with E-state index in [2.05, 4.69) is 10.3 Å². The smallest absolute Gasteiger partial charge is 0.339 e. The van der Waals surface area contributed by atoms with E-state index in [-0.39, 0.29) is 24.6 Å². The summed E-state index contributed by atoms with van der Waals surface area (Å²) in [6, 6.07) is 0.343. The lowest BCUT2D eigenvalue weighted by Crippen LogP contribution is -2.30. The first kappa shape index (κ1) is 14.8. The lowest BCUT2D eigenvalue weighted by atomic mass is 10.2. The molecule has 1 rings (SSSR count). The van der Waals surface area contributed by atoms with Gasteiger partial charge in [-0.1, -0.05) is 0 Å². The Bertz CT molecular complexity index is 478. The van der Waals surface area contributed by atoms with Gasteiger partial charge in [-0.25, -0.2) is 9.78 Å². The van der Waals surface area contributed by atoms with Gasteiger partial charge in [-0.2, -0.15) is 0 Å². The number of carboxylic acids is 1. The highest BCUT2D eigenvalue weighted by Crippen LogP contribution is 2.19. The van der Waals surface area contributed by atoms with Crippen LogP contribution in [-0.2, 0) is 4.74 Å². The van der Waals surface area contributed by atoms with Crippen LogP contribution in [0.25, 0.3) is 0 Å². The van der Waals surface area contributed by atoms with Gasteiger partial charge in [-0.05, 0) is 0 Å². The Morgan fingerprint density at radius 2 is 2.37 bits per heavy atom. The molecule has 0 aliphatic carbocycles. The molecule has 0 fully saturated rings. The molecule has 1 unspecified atom stereocenters. The SMILES string of the molecule is COCC(CO)Nc1ncc([N+](=O)[O-])cc1C(=O)O. The minimum absolute atomic E-state index is 0.0609. The Balaban J connectivity index is 3.06. The summed E-state index contributed by atoms with van der Waals surface area (Å²) in [5.41, 5.74) is -0.765. The van der Waals surface area contributed by atoms with Crippen molar-refractivity contribution in [1.82, 2.24) is 4.98 Å². The average Bonchev–Trinajstić information content (AvgIpc) is 2.37. The number of pyridine rings is 1. The van der Waals surface area contributed by atoms with E-state index in [9.17, 15) is 14.9 Å². The molecule has 0 aliphatic heterocycles. The van der Waals surface area contributed by atoms with Crippen molar-refractivity contribution in [3.8, 4) is 0 Å². The molecule has 1 aromatic heterocycles. The molecule has 9 nitrogen and oxygen atoms in total. The minimum atomic E-state index is -1.35. The number of methoxy groups -OCH3 is 1. The van der Waals surface area contributed by atoms with E-state index >= 15 is 0 Å². The largest absolute Gasteiger partial charge is 0.478 e. The van der Waals surface area contributed by atoms with Crippen molar-refractivity contribution >= 4 is 17.5 Å².